The monoisotopic (exact) mass is 373 g/mol. The first-order valence-electron chi connectivity index (χ1n) is 9.35. The van der Waals surface area contributed by atoms with Crippen molar-refractivity contribution in [1.29, 1.82) is 0 Å². The van der Waals surface area contributed by atoms with Crippen LogP contribution in [0.3, 0.4) is 0 Å². The molecular formula is C20H31N3O2Si. The Balaban J connectivity index is 2.24. The highest BCUT2D eigenvalue weighted by Gasteiger charge is 2.15. The van der Waals surface area contributed by atoms with Crippen molar-refractivity contribution in [2.75, 3.05) is 11.9 Å². The second-order valence-electron chi connectivity index (χ2n) is 7.77. The number of fused-ring (bicyclic) bond motifs is 1. The molecule has 2 rings (SSSR count). The van der Waals surface area contributed by atoms with Crippen molar-refractivity contribution < 1.29 is 9.53 Å². The van der Waals surface area contributed by atoms with Crippen molar-refractivity contribution in [3.05, 3.63) is 29.8 Å². The van der Waals surface area contributed by atoms with E-state index in [-0.39, 0.29) is 5.91 Å². The number of hydrogen-bond donors (Lipinski definition) is 1. The van der Waals surface area contributed by atoms with Gasteiger partial charge in [0.25, 0.3) is 0 Å². The topological polar surface area (TPSA) is 56.2 Å². The highest BCUT2D eigenvalue weighted by atomic mass is 28.3. The van der Waals surface area contributed by atoms with Crippen LogP contribution in [-0.4, -0.2) is 30.4 Å². The summed E-state index contributed by atoms with van der Waals surface area (Å²) in [6.07, 6.45) is 5.38. The highest BCUT2D eigenvalue weighted by Crippen LogP contribution is 2.25. The average Bonchev–Trinajstić information content (AvgIpc) is 2.88. The third-order valence-corrected chi connectivity index (χ3v) is 5.78. The maximum atomic E-state index is 12.0. The summed E-state index contributed by atoms with van der Waals surface area (Å²) in [5.41, 5.74) is 2.08. The summed E-state index contributed by atoms with van der Waals surface area (Å²) in [7, 11) is -1.12. The van der Waals surface area contributed by atoms with Crippen LogP contribution in [0.25, 0.3) is 17.0 Å². The molecule has 0 spiro atoms. The smallest absolute Gasteiger partial charge is 0.225 e. The molecule has 142 valence electrons. The van der Waals surface area contributed by atoms with E-state index in [9.17, 15) is 4.79 Å². The molecular weight excluding hydrogens is 342 g/mol. The fraction of sp³-hybridized carbons (Fsp3) is 0.500. The van der Waals surface area contributed by atoms with Crippen LogP contribution in [0.2, 0.25) is 25.7 Å². The zero-order chi connectivity index (χ0) is 19.2. The SMILES string of the molecule is C/C=C\c1ccc2c(NC(=O)CCC)nn(COCC[Si](C)(C)C)c2c1. The van der Waals surface area contributed by atoms with E-state index in [4.69, 9.17) is 4.74 Å². The fourth-order valence-corrected chi connectivity index (χ4v) is 3.39. The quantitative estimate of drug-likeness (QED) is 0.490. The van der Waals surface area contributed by atoms with Gasteiger partial charge in [0.1, 0.15) is 6.73 Å². The Hall–Kier alpha value is -1.92. The second kappa shape index (κ2) is 9.14. The molecule has 0 aliphatic carbocycles. The molecule has 0 aliphatic heterocycles. The van der Waals surface area contributed by atoms with Crippen LogP contribution in [0.5, 0.6) is 0 Å². The number of nitrogens with zero attached hydrogens (tertiary/aromatic N) is 2. The number of carbonyl (C=O) groups excluding carboxylic acids is 1. The Morgan fingerprint density at radius 2 is 2.12 bits per heavy atom. The molecule has 0 bridgehead atoms. The maximum Gasteiger partial charge on any atom is 0.225 e. The number of hydrogen-bond acceptors (Lipinski definition) is 3. The highest BCUT2D eigenvalue weighted by molar-refractivity contribution is 6.76. The zero-order valence-electron chi connectivity index (χ0n) is 16.6. The van der Waals surface area contributed by atoms with Gasteiger partial charge in [-0.1, -0.05) is 44.8 Å². The van der Waals surface area contributed by atoms with Gasteiger partial charge < -0.3 is 10.1 Å². The van der Waals surface area contributed by atoms with Gasteiger partial charge in [-0.05, 0) is 37.1 Å². The van der Waals surface area contributed by atoms with E-state index in [0.29, 0.717) is 19.0 Å². The Kier molecular flexibility index (Phi) is 7.17. The number of benzene rings is 1. The van der Waals surface area contributed by atoms with Crippen LogP contribution in [0, 0.1) is 0 Å². The van der Waals surface area contributed by atoms with Gasteiger partial charge in [0.15, 0.2) is 5.82 Å². The molecule has 0 saturated heterocycles. The molecule has 0 radical (unpaired) electrons. The van der Waals surface area contributed by atoms with Crippen molar-refractivity contribution in [2.45, 2.75) is 59.1 Å². The number of amides is 1. The number of anilines is 1. The molecule has 1 aromatic carbocycles. The molecule has 1 aromatic heterocycles. The van der Waals surface area contributed by atoms with Crippen molar-refractivity contribution in [2.24, 2.45) is 0 Å². The summed E-state index contributed by atoms with van der Waals surface area (Å²) in [4.78, 5) is 12.0. The lowest BCUT2D eigenvalue weighted by Gasteiger charge is -2.15. The van der Waals surface area contributed by atoms with Crippen LogP contribution in [0.15, 0.2) is 24.3 Å². The van der Waals surface area contributed by atoms with E-state index >= 15 is 0 Å². The van der Waals surface area contributed by atoms with Gasteiger partial charge in [-0.2, -0.15) is 5.10 Å². The first-order valence-corrected chi connectivity index (χ1v) is 13.1. The predicted octanol–water partition coefficient (Wildman–Crippen LogP) is 5.12. The first kappa shape index (κ1) is 20.4. The standard InChI is InChI=1S/C20H31N3O2Si/c1-6-8-16-10-11-17-18(14-16)23(15-25-12-13-26(3,4)5)22-20(17)21-19(24)9-7-2/h6,8,10-11,14H,7,9,12-13,15H2,1-5H3,(H,21,22,24)/b8-6-. The number of nitrogens with one attached hydrogen (secondary N) is 1. The third-order valence-electron chi connectivity index (χ3n) is 4.08. The Labute approximate surface area is 157 Å². The largest absolute Gasteiger partial charge is 0.360 e. The number of ether oxygens (including phenoxy) is 1. The number of aromatic nitrogens is 2. The van der Waals surface area contributed by atoms with Crippen LogP contribution in [0.4, 0.5) is 5.82 Å². The average molecular weight is 374 g/mol. The molecule has 0 saturated carbocycles. The Bertz CT molecular complexity index is 775. The van der Waals surface area contributed by atoms with Gasteiger partial charge in [-0.25, -0.2) is 4.68 Å². The molecule has 5 nitrogen and oxygen atoms in total. The predicted molar refractivity (Wildman–Crippen MR) is 112 cm³/mol. The lowest BCUT2D eigenvalue weighted by Crippen LogP contribution is -2.22. The number of carbonyl (C=O) groups is 1. The summed E-state index contributed by atoms with van der Waals surface area (Å²) >= 11 is 0. The summed E-state index contributed by atoms with van der Waals surface area (Å²) in [6, 6.07) is 7.25. The van der Waals surface area contributed by atoms with Crippen LogP contribution in [-0.2, 0) is 16.3 Å². The van der Waals surface area contributed by atoms with Crippen LogP contribution >= 0.6 is 0 Å². The van der Waals surface area contributed by atoms with Gasteiger partial charge in [0, 0.05) is 26.5 Å². The van der Waals surface area contributed by atoms with Gasteiger partial charge in [0.2, 0.25) is 5.91 Å². The van der Waals surface area contributed by atoms with Crippen LogP contribution in [0.1, 0.15) is 32.3 Å². The molecule has 1 heterocycles. The molecule has 6 heteroatoms. The molecule has 0 fully saturated rings. The fourth-order valence-electron chi connectivity index (χ4n) is 2.63. The minimum absolute atomic E-state index is 0.00349. The van der Waals surface area contributed by atoms with Gasteiger partial charge in [0.05, 0.1) is 5.52 Å². The third kappa shape index (κ3) is 5.81. The van der Waals surface area contributed by atoms with E-state index in [1.54, 1.807) is 0 Å². The summed E-state index contributed by atoms with van der Waals surface area (Å²) in [5.74, 6) is 0.607. The summed E-state index contributed by atoms with van der Waals surface area (Å²) < 4.78 is 7.72. The van der Waals surface area contributed by atoms with E-state index < -0.39 is 8.07 Å². The molecule has 0 atom stereocenters. The van der Waals surface area contributed by atoms with Crippen molar-refractivity contribution in [3.8, 4) is 0 Å². The van der Waals surface area contributed by atoms with E-state index in [1.807, 2.05) is 36.7 Å². The first-order chi connectivity index (χ1) is 12.3. The van der Waals surface area contributed by atoms with Crippen molar-refractivity contribution in [3.63, 3.8) is 0 Å². The maximum absolute atomic E-state index is 12.0. The Morgan fingerprint density at radius 1 is 1.35 bits per heavy atom. The second-order valence-corrected chi connectivity index (χ2v) is 13.4. The van der Waals surface area contributed by atoms with E-state index in [0.717, 1.165) is 35.5 Å². The van der Waals surface area contributed by atoms with Crippen molar-refractivity contribution in [1.82, 2.24) is 9.78 Å². The summed E-state index contributed by atoms with van der Waals surface area (Å²) in [5, 5.41) is 8.47. The molecule has 0 aliphatic rings. The minimum atomic E-state index is -1.12. The molecule has 26 heavy (non-hydrogen) atoms. The van der Waals surface area contributed by atoms with E-state index in [1.165, 1.54) is 0 Å². The Morgan fingerprint density at radius 3 is 2.77 bits per heavy atom. The molecule has 1 amide bonds. The normalized spacial score (nSPS) is 12.2. The lowest BCUT2D eigenvalue weighted by molar-refractivity contribution is -0.116. The van der Waals surface area contributed by atoms with Gasteiger partial charge >= 0.3 is 0 Å². The lowest BCUT2D eigenvalue weighted by atomic mass is 10.1. The molecule has 2 aromatic rings. The number of rotatable bonds is 9. The zero-order valence-corrected chi connectivity index (χ0v) is 17.6. The van der Waals surface area contributed by atoms with Gasteiger partial charge in [-0.3, -0.25) is 4.79 Å². The van der Waals surface area contributed by atoms with Crippen LogP contribution < -0.4 is 5.32 Å². The molecule has 0 unspecified atom stereocenters. The summed E-state index contributed by atoms with van der Waals surface area (Å²) in [6.45, 7) is 12.1. The van der Waals surface area contributed by atoms with Gasteiger partial charge in [-0.15, -0.1) is 0 Å². The molecule has 1 N–H and O–H groups in total. The number of allylic oxidation sites excluding steroid dienone is 1. The van der Waals surface area contributed by atoms with Crippen molar-refractivity contribution >= 4 is 36.8 Å². The minimum Gasteiger partial charge on any atom is -0.360 e. The van der Waals surface area contributed by atoms with E-state index in [2.05, 4.69) is 42.2 Å².